The van der Waals surface area contributed by atoms with Gasteiger partial charge >= 0.3 is 5.97 Å². The Morgan fingerprint density at radius 2 is 1.77 bits per heavy atom. The van der Waals surface area contributed by atoms with Gasteiger partial charge in [0.05, 0.1) is 4.90 Å². The second-order valence-corrected chi connectivity index (χ2v) is 10.9. The van der Waals surface area contributed by atoms with Gasteiger partial charge in [-0.3, -0.25) is 9.59 Å². The molecule has 1 amide bonds. The van der Waals surface area contributed by atoms with E-state index in [0.717, 1.165) is 4.31 Å². The smallest absolute Gasteiger partial charge is 0.326 e. The monoisotopic (exact) mass is 542 g/mol. The quantitative estimate of drug-likeness (QED) is 0.471. The third-order valence-corrected chi connectivity index (χ3v) is 7.69. The van der Waals surface area contributed by atoms with Gasteiger partial charge in [-0.2, -0.15) is 4.31 Å². The first kappa shape index (κ1) is 26.9. The van der Waals surface area contributed by atoms with Crippen molar-refractivity contribution in [3.05, 3.63) is 58.1 Å². The number of carbonyl (C=O) groups excluding carboxylic acids is 2. The molecule has 1 fully saturated rings. The van der Waals surface area contributed by atoms with E-state index in [1.165, 1.54) is 25.1 Å². The number of hydrogen-bond donors (Lipinski definition) is 2. The van der Waals surface area contributed by atoms with Crippen LogP contribution in [0.5, 0.6) is 5.75 Å². The maximum absolute atomic E-state index is 13.2. The molecular weight excluding hydrogens is 519 g/mol. The fourth-order valence-electron chi connectivity index (χ4n) is 3.71. The lowest BCUT2D eigenvalue weighted by Crippen LogP contribution is -2.51. The predicted molar refractivity (Wildman–Crippen MR) is 129 cm³/mol. The molecule has 12 heteroatoms. The molecule has 0 radical (unpaired) electrons. The maximum atomic E-state index is 13.2. The number of benzene rings is 2. The normalized spacial score (nSPS) is 17.1. The summed E-state index contributed by atoms with van der Waals surface area (Å²) in [7, 11) is -4.09. The number of carbonyl (C=O) groups is 3. The van der Waals surface area contributed by atoms with E-state index in [4.69, 9.17) is 27.9 Å². The number of Topliss-reactive ketones (excluding diaryl/α,β-unsaturated/α-hetero) is 1. The van der Waals surface area contributed by atoms with E-state index in [2.05, 4.69) is 5.32 Å². The number of amides is 1. The lowest BCUT2D eigenvalue weighted by atomic mass is 10.1. The number of carboxylic acid groups (broad SMARTS) is 1. The molecule has 2 N–H and O–H groups in total. The van der Waals surface area contributed by atoms with Crippen molar-refractivity contribution in [3.8, 4) is 5.75 Å². The summed E-state index contributed by atoms with van der Waals surface area (Å²) in [5.74, 6) is -1.64. The predicted octanol–water partition coefficient (Wildman–Crippen LogP) is 2.93. The van der Waals surface area contributed by atoms with E-state index in [1.54, 1.807) is 24.3 Å². The fraction of sp³-hybridized carbons (Fsp3) is 0.348. The molecule has 0 saturated carbocycles. The molecule has 2 aromatic rings. The molecule has 1 saturated heterocycles. The van der Waals surface area contributed by atoms with Crippen LogP contribution in [0, 0.1) is 0 Å². The van der Waals surface area contributed by atoms with E-state index in [0.29, 0.717) is 17.7 Å². The van der Waals surface area contributed by atoms with Crippen molar-refractivity contribution in [2.45, 2.75) is 43.2 Å². The van der Waals surface area contributed by atoms with Gasteiger partial charge in [0.15, 0.2) is 5.78 Å². The van der Waals surface area contributed by atoms with Crippen molar-refractivity contribution in [1.29, 1.82) is 0 Å². The molecule has 0 bridgehead atoms. The Morgan fingerprint density at radius 3 is 2.34 bits per heavy atom. The topological polar surface area (TPSA) is 130 Å². The van der Waals surface area contributed by atoms with Crippen LogP contribution in [0.4, 0.5) is 0 Å². The van der Waals surface area contributed by atoms with Crippen molar-refractivity contribution in [2.75, 3.05) is 13.2 Å². The molecule has 1 heterocycles. The van der Waals surface area contributed by atoms with Gasteiger partial charge in [-0.15, -0.1) is 0 Å². The second-order valence-electron chi connectivity index (χ2n) is 8.12. The molecule has 1 aliphatic rings. The van der Waals surface area contributed by atoms with Crippen LogP contribution in [0.1, 0.15) is 25.3 Å². The summed E-state index contributed by atoms with van der Waals surface area (Å²) in [6.07, 6.45) is 0.649. The standard InChI is InChI=1S/C23H24Cl2N2O7S/c1-14(28)13-34-18-6-4-15(5-7-18)9-20(23(30)31)26-22(29)21-3-2-8-27(21)35(32,33)19-11-16(24)10-17(25)12-19/h4-7,10-12,20-21H,2-3,8-9,13H2,1H3,(H,26,29)(H,30,31)/t20-,21-/m0/s1. The summed E-state index contributed by atoms with van der Waals surface area (Å²) in [5, 5.41) is 12.4. The average Bonchev–Trinajstić information content (AvgIpc) is 3.28. The Hall–Kier alpha value is -2.66. The van der Waals surface area contributed by atoms with Gasteiger partial charge in [-0.25, -0.2) is 13.2 Å². The molecule has 0 unspecified atom stereocenters. The minimum atomic E-state index is -4.09. The summed E-state index contributed by atoms with van der Waals surface area (Å²) in [5.41, 5.74) is 0.609. The zero-order chi connectivity index (χ0) is 25.8. The summed E-state index contributed by atoms with van der Waals surface area (Å²) in [6, 6.07) is 8.01. The van der Waals surface area contributed by atoms with Crippen molar-refractivity contribution < 1.29 is 32.6 Å². The van der Waals surface area contributed by atoms with Crippen LogP contribution in [-0.2, 0) is 30.8 Å². The van der Waals surface area contributed by atoms with Crippen LogP contribution in [0.15, 0.2) is 47.4 Å². The molecule has 0 spiro atoms. The zero-order valence-electron chi connectivity index (χ0n) is 18.7. The molecule has 0 aromatic heterocycles. The highest BCUT2D eigenvalue weighted by Gasteiger charge is 2.40. The highest BCUT2D eigenvalue weighted by atomic mass is 35.5. The molecule has 2 atom stereocenters. The van der Waals surface area contributed by atoms with E-state index in [9.17, 15) is 27.9 Å². The number of sulfonamides is 1. The minimum absolute atomic E-state index is 0.0303. The summed E-state index contributed by atoms with van der Waals surface area (Å²) >= 11 is 11.9. The van der Waals surface area contributed by atoms with E-state index >= 15 is 0 Å². The Morgan fingerprint density at radius 1 is 1.14 bits per heavy atom. The van der Waals surface area contributed by atoms with E-state index in [1.807, 2.05) is 0 Å². The number of ketones is 1. The van der Waals surface area contributed by atoms with Gasteiger partial charge in [0.1, 0.15) is 24.4 Å². The SMILES string of the molecule is CC(=O)COc1ccc(C[C@H](NC(=O)[C@@H]2CCCN2S(=O)(=O)c2cc(Cl)cc(Cl)c2)C(=O)O)cc1. The van der Waals surface area contributed by atoms with Crippen LogP contribution < -0.4 is 10.1 Å². The van der Waals surface area contributed by atoms with Gasteiger partial charge in [-0.05, 0) is 55.7 Å². The number of hydrogen-bond acceptors (Lipinski definition) is 6. The molecule has 1 aliphatic heterocycles. The molecule has 188 valence electrons. The molecule has 35 heavy (non-hydrogen) atoms. The average molecular weight is 543 g/mol. The summed E-state index contributed by atoms with van der Waals surface area (Å²) < 4.78 is 32.7. The van der Waals surface area contributed by atoms with Crippen molar-refractivity contribution in [1.82, 2.24) is 9.62 Å². The zero-order valence-corrected chi connectivity index (χ0v) is 21.1. The third kappa shape index (κ3) is 6.94. The van der Waals surface area contributed by atoms with Gasteiger partial charge in [0.25, 0.3) is 0 Å². The third-order valence-electron chi connectivity index (χ3n) is 5.37. The lowest BCUT2D eigenvalue weighted by Gasteiger charge is -2.25. The fourth-order valence-corrected chi connectivity index (χ4v) is 6.10. The number of rotatable bonds is 10. The Bertz CT molecular complexity index is 1200. The van der Waals surface area contributed by atoms with Crippen LogP contribution in [0.2, 0.25) is 10.0 Å². The Balaban J connectivity index is 1.72. The first-order chi connectivity index (χ1) is 16.5. The highest BCUT2D eigenvalue weighted by Crippen LogP contribution is 2.30. The minimum Gasteiger partial charge on any atom is -0.486 e. The van der Waals surface area contributed by atoms with Crippen molar-refractivity contribution >= 4 is 50.9 Å². The van der Waals surface area contributed by atoms with Crippen molar-refractivity contribution in [3.63, 3.8) is 0 Å². The molecule has 2 aromatic carbocycles. The Kier molecular flexibility index (Phi) is 8.76. The Labute approximate surface area is 213 Å². The summed E-state index contributed by atoms with van der Waals surface area (Å²) in [6.45, 7) is 1.43. The number of aliphatic carboxylic acids is 1. The first-order valence-corrected chi connectivity index (χ1v) is 12.9. The highest BCUT2D eigenvalue weighted by molar-refractivity contribution is 7.89. The second kappa shape index (κ2) is 11.4. The van der Waals surface area contributed by atoms with Gasteiger partial charge in [0, 0.05) is 23.0 Å². The van der Waals surface area contributed by atoms with Gasteiger partial charge in [-0.1, -0.05) is 35.3 Å². The first-order valence-electron chi connectivity index (χ1n) is 10.7. The van der Waals surface area contributed by atoms with Crippen LogP contribution >= 0.6 is 23.2 Å². The van der Waals surface area contributed by atoms with Crippen LogP contribution in [-0.4, -0.2) is 60.7 Å². The largest absolute Gasteiger partial charge is 0.486 e. The molecule has 3 rings (SSSR count). The number of halogens is 2. The number of ether oxygens (including phenoxy) is 1. The number of carboxylic acids is 1. The van der Waals surface area contributed by atoms with E-state index in [-0.39, 0.29) is 46.7 Å². The van der Waals surface area contributed by atoms with Crippen molar-refractivity contribution in [2.24, 2.45) is 0 Å². The summed E-state index contributed by atoms with van der Waals surface area (Å²) in [4.78, 5) is 35.7. The molecule has 9 nitrogen and oxygen atoms in total. The van der Waals surface area contributed by atoms with Crippen LogP contribution in [0.25, 0.3) is 0 Å². The maximum Gasteiger partial charge on any atom is 0.326 e. The lowest BCUT2D eigenvalue weighted by molar-refractivity contribution is -0.142. The van der Waals surface area contributed by atoms with Gasteiger partial charge in [0.2, 0.25) is 15.9 Å². The number of nitrogens with one attached hydrogen (secondary N) is 1. The number of nitrogens with zero attached hydrogens (tertiary/aromatic N) is 1. The van der Waals surface area contributed by atoms with E-state index < -0.39 is 34.0 Å². The van der Waals surface area contributed by atoms with Crippen LogP contribution in [0.3, 0.4) is 0 Å². The molecular formula is C23H24Cl2N2O7S. The van der Waals surface area contributed by atoms with Gasteiger partial charge < -0.3 is 15.2 Å². The molecule has 0 aliphatic carbocycles.